The normalized spacial score (nSPS) is 11.2. The largest absolute Gasteiger partial charge is 0.416 e. The van der Waals surface area contributed by atoms with Gasteiger partial charge in [-0.1, -0.05) is 0 Å². The van der Waals surface area contributed by atoms with Crippen molar-refractivity contribution in [1.82, 2.24) is 5.32 Å². The number of aliphatic hydroxyl groups excluding tert-OH is 1. The quantitative estimate of drug-likeness (QED) is 0.491. The molecule has 0 saturated heterocycles. The Balaban J connectivity index is 3.08. The molecule has 1 aromatic rings. The van der Waals surface area contributed by atoms with E-state index in [0.29, 0.717) is 12.1 Å². The van der Waals surface area contributed by atoms with E-state index >= 15 is 0 Å². The van der Waals surface area contributed by atoms with Crippen LogP contribution in [-0.4, -0.2) is 29.1 Å². The van der Waals surface area contributed by atoms with Gasteiger partial charge >= 0.3 is 6.18 Å². The Morgan fingerprint density at radius 2 is 2.05 bits per heavy atom. The van der Waals surface area contributed by atoms with E-state index in [9.17, 15) is 28.1 Å². The van der Waals surface area contributed by atoms with E-state index in [2.05, 4.69) is 5.32 Å². The van der Waals surface area contributed by atoms with Crippen molar-refractivity contribution in [3.8, 4) is 0 Å². The van der Waals surface area contributed by atoms with Gasteiger partial charge in [0.1, 0.15) is 5.56 Å². The van der Waals surface area contributed by atoms with Crippen LogP contribution in [0.15, 0.2) is 18.2 Å². The van der Waals surface area contributed by atoms with Crippen LogP contribution in [-0.2, 0) is 6.18 Å². The van der Waals surface area contributed by atoms with Gasteiger partial charge in [-0.25, -0.2) is 0 Å². The predicted molar refractivity (Wildman–Crippen MR) is 62.1 cm³/mol. The lowest BCUT2D eigenvalue weighted by atomic mass is 10.1. The average molecular weight is 292 g/mol. The van der Waals surface area contributed by atoms with Crippen molar-refractivity contribution in [2.75, 3.05) is 13.2 Å². The second-order valence-electron chi connectivity index (χ2n) is 3.82. The monoisotopic (exact) mass is 292 g/mol. The molecular weight excluding hydrogens is 281 g/mol. The molecule has 0 aliphatic rings. The molecule has 0 unspecified atom stereocenters. The maximum Gasteiger partial charge on any atom is 0.416 e. The number of alkyl halides is 3. The molecule has 0 atom stereocenters. The molecule has 0 saturated carbocycles. The van der Waals surface area contributed by atoms with Gasteiger partial charge in [-0.15, -0.1) is 0 Å². The third-order valence-electron chi connectivity index (χ3n) is 2.39. The maximum atomic E-state index is 12.5. The highest BCUT2D eigenvalue weighted by Gasteiger charge is 2.33. The molecule has 20 heavy (non-hydrogen) atoms. The standard InChI is InChI=1S/C11H11F3N2O4/c12-11(13,14)7-2-3-8(9(6-7)16(19)20)10(18)15-4-1-5-17/h2-3,6,17H,1,4-5H2,(H,15,18). The fraction of sp³-hybridized carbons (Fsp3) is 0.364. The molecule has 1 aromatic carbocycles. The Morgan fingerprint density at radius 1 is 1.40 bits per heavy atom. The lowest BCUT2D eigenvalue weighted by Crippen LogP contribution is -2.26. The maximum absolute atomic E-state index is 12.5. The average Bonchev–Trinajstić information content (AvgIpc) is 2.37. The van der Waals surface area contributed by atoms with E-state index in [4.69, 9.17) is 5.11 Å². The summed E-state index contributed by atoms with van der Waals surface area (Å²) < 4.78 is 37.4. The van der Waals surface area contributed by atoms with Crippen LogP contribution in [0.1, 0.15) is 22.3 Å². The first-order chi connectivity index (χ1) is 9.27. The number of aliphatic hydroxyl groups is 1. The Kier molecular flexibility index (Phi) is 5.03. The number of carbonyl (C=O) groups excluding carboxylic acids is 1. The molecule has 9 heteroatoms. The summed E-state index contributed by atoms with van der Waals surface area (Å²) in [7, 11) is 0. The van der Waals surface area contributed by atoms with E-state index < -0.39 is 33.8 Å². The smallest absolute Gasteiger partial charge is 0.396 e. The van der Waals surface area contributed by atoms with Gasteiger partial charge in [0.25, 0.3) is 11.6 Å². The molecule has 0 aliphatic carbocycles. The van der Waals surface area contributed by atoms with Crippen LogP contribution in [0.3, 0.4) is 0 Å². The minimum absolute atomic E-state index is 0.0630. The second kappa shape index (κ2) is 6.33. The van der Waals surface area contributed by atoms with Crippen molar-refractivity contribution in [1.29, 1.82) is 0 Å². The van der Waals surface area contributed by atoms with Crippen LogP contribution < -0.4 is 5.32 Å². The van der Waals surface area contributed by atoms with Crippen LogP contribution in [0.25, 0.3) is 0 Å². The van der Waals surface area contributed by atoms with Gasteiger partial charge < -0.3 is 10.4 Å². The molecule has 0 radical (unpaired) electrons. The number of benzene rings is 1. The molecule has 1 rings (SSSR count). The van der Waals surface area contributed by atoms with Gasteiger partial charge in [-0.05, 0) is 18.6 Å². The van der Waals surface area contributed by atoms with Crippen LogP contribution in [0.4, 0.5) is 18.9 Å². The summed E-state index contributed by atoms with van der Waals surface area (Å²) in [6.45, 7) is -0.122. The molecule has 110 valence electrons. The van der Waals surface area contributed by atoms with E-state index in [1.165, 1.54) is 0 Å². The van der Waals surface area contributed by atoms with Crippen molar-refractivity contribution in [2.45, 2.75) is 12.6 Å². The molecule has 0 bridgehead atoms. The summed E-state index contributed by atoms with van der Waals surface area (Å²) in [5, 5.41) is 21.6. The van der Waals surface area contributed by atoms with Gasteiger partial charge in [-0.2, -0.15) is 13.2 Å². The number of rotatable bonds is 5. The third kappa shape index (κ3) is 3.92. The number of nitrogens with one attached hydrogen (secondary N) is 1. The summed E-state index contributed by atoms with van der Waals surface area (Å²) in [6.07, 6.45) is -4.49. The highest BCUT2D eigenvalue weighted by atomic mass is 19.4. The fourth-order valence-corrected chi connectivity index (χ4v) is 1.43. The fourth-order valence-electron chi connectivity index (χ4n) is 1.43. The van der Waals surface area contributed by atoms with Crippen molar-refractivity contribution in [2.24, 2.45) is 0 Å². The molecule has 0 fully saturated rings. The molecule has 0 aliphatic heterocycles. The van der Waals surface area contributed by atoms with Gasteiger partial charge in [-0.3, -0.25) is 14.9 Å². The van der Waals surface area contributed by atoms with Gasteiger partial charge in [0.2, 0.25) is 0 Å². The summed E-state index contributed by atoms with van der Waals surface area (Å²) in [6, 6.07) is 1.68. The highest BCUT2D eigenvalue weighted by Crippen LogP contribution is 2.32. The number of carbonyl (C=O) groups is 1. The SMILES string of the molecule is O=C(NCCCO)c1ccc(C(F)(F)F)cc1[N+](=O)[O-]. The number of halogens is 3. The Hall–Kier alpha value is -2.16. The van der Waals surface area contributed by atoms with Crippen molar-refractivity contribution < 1.29 is 28.0 Å². The van der Waals surface area contributed by atoms with Crippen LogP contribution in [0, 0.1) is 10.1 Å². The zero-order valence-corrected chi connectivity index (χ0v) is 10.1. The van der Waals surface area contributed by atoms with E-state index in [0.717, 1.165) is 6.07 Å². The summed E-state index contributed by atoms with van der Waals surface area (Å²) in [5.41, 5.74) is -2.57. The zero-order valence-electron chi connectivity index (χ0n) is 10.1. The summed E-state index contributed by atoms with van der Waals surface area (Å²) in [5.74, 6) is -0.862. The minimum atomic E-state index is -4.73. The van der Waals surface area contributed by atoms with E-state index in [-0.39, 0.29) is 19.6 Å². The minimum Gasteiger partial charge on any atom is -0.396 e. The number of nitro benzene ring substituents is 1. The molecule has 0 aromatic heterocycles. The lowest BCUT2D eigenvalue weighted by molar-refractivity contribution is -0.385. The predicted octanol–water partition coefficient (Wildman–Crippen LogP) is 1.73. The van der Waals surface area contributed by atoms with Crippen LogP contribution >= 0.6 is 0 Å². The number of hydrogen-bond acceptors (Lipinski definition) is 4. The zero-order chi connectivity index (χ0) is 15.3. The summed E-state index contributed by atoms with van der Waals surface area (Å²) in [4.78, 5) is 21.3. The first-order valence-corrected chi connectivity index (χ1v) is 5.52. The van der Waals surface area contributed by atoms with Crippen LogP contribution in [0.5, 0.6) is 0 Å². The number of nitrogens with zero attached hydrogens (tertiary/aromatic N) is 1. The van der Waals surface area contributed by atoms with Gasteiger partial charge in [0.15, 0.2) is 0 Å². The molecule has 1 amide bonds. The molecular formula is C11H11F3N2O4. The Morgan fingerprint density at radius 3 is 2.55 bits per heavy atom. The lowest BCUT2D eigenvalue weighted by Gasteiger charge is -2.09. The molecule has 6 nitrogen and oxygen atoms in total. The Labute approximate surface area is 111 Å². The summed E-state index contributed by atoms with van der Waals surface area (Å²) >= 11 is 0. The number of amides is 1. The van der Waals surface area contributed by atoms with Crippen molar-refractivity contribution >= 4 is 11.6 Å². The molecule has 0 heterocycles. The third-order valence-corrected chi connectivity index (χ3v) is 2.39. The van der Waals surface area contributed by atoms with E-state index in [1.54, 1.807) is 0 Å². The second-order valence-corrected chi connectivity index (χ2v) is 3.82. The Bertz CT molecular complexity index is 517. The van der Waals surface area contributed by atoms with Crippen LogP contribution in [0.2, 0.25) is 0 Å². The highest BCUT2D eigenvalue weighted by molar-refractivity contribution is 5.98. The number of nitro groups is 1. The molecule has 0 spiro atoms. The van der Waals surface area contributed by atoms with Crippen molar-refractivity contribution in [3.63, 3.8) is 0 Å². The van der Waals surface area contributed by atoms with Gasteiger partial charge in [0, 0.05) is 19.2 Å². The topological polar surface area (TPSA) is 92.5 Å². The van der Waals surface area contributed by atoms with Crippen molar-refractivity contribution in [3.05, 3.63) is 39.4 Å². The first-order valence-electron chi connectivity index (χ1n) is 5.52. The molecule has 2 N–H and O–H groups in total. The number of hydrogen-bond donors (Lipinski definition) is 2. The van der Waals surface area contributed by atoms with Gasteiger partial charge in [0.05, 0.1) is 10.5 Å². The van der Waals surface area contributed by atoms with E-state index in [1.807, 2.05) is 0 Å². The first kappa shape index (κ1) is 15.9.